The summed E-state index contributed by atoms with van der Waals surface area (Å²) in [5.41, 5.74) is -0.897. The lowest BCUT2D eigenvalue weighted by atomic mass is 10.3. The molecule has 2 aromatic rings. The summed E-state index contributed by atoms with van der Waals surface area (Å²) in [6, 6.07) is 0. The quantitative estimate of drug-likeness (QED) is 0.731. The van der Waals surface area contributed by atoms with Crippen molar-refractivity contribution in [2.24, 2.45) is 0 Å². The van der Waals surface area contributed by atoms with Crippen LogP contribution >= 0.6 is 0 Å². The molecule has 0 unspecified atom stereocenters. The number of nitrogens with zero attached hydrogens (tertiary/aromatic N) is 3. The predicted molar refractivity (Wildman–Crippen MR) is 42.5 cm³/mol. The highest BCUT2D eigenvalue weighted by Gasteiger charge is 2.31. The molecule has 0 bridgehead atoms. The van der Waals surface area contributed by atoms with Crippen molar-refractivity contribution in [3.8, 4) is 11.6 Å². The normalized spacial score (nSPS) is 11.7. The van der Waals surface area contributed by atoms with Crippen molar-refractivity contribution in [3.63, 3.8) is 0 Å². The SMILES string of the molecule is FC(F)(F)c1cnc(-c2cnco2)nc1. The van der Waals surface area contributed by atoms with E-state index < -0.39 is 11.7 Å². The number of aromatic nitrogens is 3. The molecule has 0 aliphatic heterocycles. The molecule has 4 nitrogen and oxygen atoms in total. The van der Waals surface area contributed by atoms with E-state index in [2.05, 4.69) is 15.0 Å². The van der Waals surface area contributed by atoms with Crippen molar-refractivity contribution in [3.05, 3.63) is 30.5 Å². The number of alkyl halides is 3. The second kappa shape index (κ2) is 3.34. The second-order valence-corrected chi connectivity index (χ2v) is 2.66. The van der Waals surface area contributed by atoms with Gasteiger partial charge in [-0.2, -0.15) is 13.2 Å². The maximum Gasteiger partial charge on any atom is 0.419 e. The molecule has 15 heavy (non-hydrogen) atoms. The molecule has 2 aromatic heterocycles. The first-order valence-corrected chi connectivity index (χ1v) is 3.85. The van der Waals surface area contributed by atoms with Gasteiger partial charge >= 0.3 is 6.18 Å². The van der Waals surface area contributed by atoms with Gasteiger partial charge in [0, 0.05) is 12.4 Å². The van der Waals surface area contributed by atoms with Crippen molar-refractivity contribution >= 4 is 0 Å². The first-order valence-electron chi connectivity index (χ1n) is 3.85. The van der Waals surface area contributed by atoms with Crippen LogP contribution in [0.3, 0.4) is 0 Å². The van der Waals surface area contributed by atoms with Gasteiger partial charge in [-0.25, -0.2) is 15.0 Å². The zero-order valence-corrected chi connectivity index (χ0v) is 7.19. The van der Waals surface area contributed by atoms with Gasteiger partial charge in [0.25, 0.3) is 0 Å². The predicted octanol–water partition coefficient (Wildman–Crippen LogP) is 2.15. The molecular weight excluding hydrogens is 211 g/mol. The summed E-state index contributed by atoms with van der Waals surface area (Å²) < 4.78 is 41.3. The van der Waals surface area contributed by atoms with Crippen LogP contribution in [0.5, 0.6) is 0 Å². The summed E-state index contributed by atoms with van der Waals surface area (Å²) in [7, 11) is 0. The molecule has 2 rings (SSSR count). The van der Waals surface area contributed by atoms with Crippen LogP contribution < -0.4 is 0 Å². The maximum absolute atomic E-state index is 12.1. The zero-order chi connectivity index (χ0) is 10.9. The monoisotopic (exact) mass is 215 g/mol. The van der Waals surface area contributed by atoms with E-state index in [1.807, 2.05) is 0 Å². The summed E-state index contributed by atoms with van der Waals surface area (Å²) in [5.74, 6) is 0.296. The summed E-state index contributed by atoms with van der Waals surface area (Å²) in [4.78, 5) is 10.6. The summed E-state index contributed by atoms with van der Waals surface area (Å²) >= 11 is 0. The fourth-order valence-corrected chi connectivity index (χ4v) is 0.928. The molecule has 0 fully saturated rings. The Morgan fingerprint density at radius 3 is 2.20 bits per heavy atom. The van der Waals surface area contributed by atoms with Gasteiger partial charge in [-0.3, -0.25) is 0 Å². The third-order valence-electron chi connectivity index (χ3n) is 1.63. The maximum atomic E-state index is 12.1. The molecule has 0 saturated carbocycles. The van der Waals surface area contributed by atoms with Crippen LogP contribution in [0, 0.1) is 0 Å². The van der Waals surface area contributed by atoms with Crippen molar-refractivity contribution in [1.29, 1.82) is 0 Å². The van der Waals surface area contributed by atoms with Crippen LogP contribution in [0.15, 0.2) is 29.4 Å². The fourth-order valence-electron chi connectivity index (χ4n) is 0.928. The summed E-state index contributed by atoms with van der Waals surface area (Å²) in [5, 5.41) is 0. The standard InChI is InChI=1S/C8H4F3N3O/c9-8(10,11)5-1-13-7(14-2-5)6-3-12-4-15-6/h1-4H. The van der Waals surface area contributed by atoms with Gasteiger partial charge < -0.3 is 4.42 Å². The van der Waals surface area contributed by atoms with E-state index in [-0.39, 0.29) is 11.6 Å². The van der Waals surface area contributed by atoms with Crippen molar-refractivity contribution in [2.45, 2.75) is 6.18 Å². The minimum atomic E-state index is -4.43. The molecule has 0 radical (unpaired) electrons. The Kier molecular flexibility index (Phi) is 2.14. The first-order chi connectivity index (χ1) is 7.07. The minimum Gasteiger partial charge on any atom is -0.440 e. The third kappa shape index (κ3) is 1.95. The van der Waals surface area contributed by atoms with E-state index in [4.69, 9.17) is 4.42 Å². The van der Waals surface area contributed by atoms with Gasteiger partial charge in [-0.05, 0) is 0 Å². The van der Waals surface area contributed by atoms with E-state index >= 15 is 0 Å². The Bertz CT molecular complexity index is 435. The smallest absolute Gasteiger partial charge is 0.419 e. The highest BCUT2D eigenvalue weighted by Crippen LogP contribution is 2.28. The van der Waals surface area contributed by atoms with Crippen molar-refractivity contribution in [2.75, 3.05) is 0 Å². The summed E-state index contributed by atoms with van der Waals surface area (Å²) in [6.45, 7) is 0. The molecule has 7 heteroatoms. The van der Waals surface area contributed by atoms with Crippen LogP contribution in [0.4, 0.5) is 13.2 Å². The third-order valence-corrected chi connectivity index (χ3v) is 1.63. The van der Waals surface area contributed by atoms with Gasteiger partial charge in [0.2, 0.25) is 0 Å². The average molecular weight is 215 g/mol. The Morgan fingerprint density at radius 2 is 1.73 bits per heavy atom. The Morgan fingerprint density at radius 1 is 1.07 bits per heavy atom. The van der Waals surface area contributed by atoms with Gasteiger partial charge in [-0.15, -0.1) is 0 Å². The lowest BCUT2D eigenvalue weighted by Gasteiger charge is -2.04. The van der Waals surface area contributed by atoms with Gasteiger partial charge in [0.1, 0.15) is 0 Å². The summed E-state index contributed by atoms with van der Waals surface area (Å²) in [6.07, 6.45) is -0.561. The van der Waals surface area contributed by atoms with E-state index in [1.165, 1.54) is 6.20 Å². The van der Waals surface area contributed by atoms with Gasteiger partial charge in [0.05, 0.1) is 11.8 Å². The molecule has 0 atom stereocenters. The molecule has 2 heterocycles. The molecule has 0 saturated heterocycles. The van der Waals surface area contributed by atoms with Crippen LogP contribution in [0.1, 0.15) is 5.56 Å². The van der Waals surface area contributed by atoms with E-state index in [0.29, 0.717) is 12.4 Å². The van der Waals surface area contributed by atoms with Crippen molar-refractivity contribution in [1.82, 2.24) is 15.0 Å². The number of hydrogen-bond acceptors (Lipinski definition) is 4. The van der Waals surface area contributed by atoms with Gasteiger partial charge in [0.15, 0.2) is 18.0 Å². The average Bonchev–Trinajstić information content (AvgIpc) is 2.69. The van der Waals surface area contributed by atoms with Crippen LogP contribution in [0.25, 0.3) is 11.6 Å². The molecule has 0 amide bonds. The van der Waals surface area contributed by atoms with Crippen molar-refractivity contribution < 1.29 is 17.6 Å². The molecule has 78 valence electrons. The number of oxazole rings is 1. The number of halogens is 3. The largest absolute Gasteiger partial charge is 0.440 e. The zero-order valence-electron chi connectivity index (χ0n) is 7.19. The Labute approximate surface area is 81.8 Å². The molecule has 0 aromatic carbocycles. The Hall–Kier alpha value is -1.92. The lowest BCUT2D eigenvalue weighted by Crippen LogP contribution is -2.06. The van der Waals surface area contributed by atoms with Crippen LogP contribution in [-0.2, 0) is 6.18 Å². The molecular formula is C8H4F3N3O. The first kappa shape index (κ1) is 9.63. The fraction of sp³-hybridized carbons (Fsp3) is 0.125. The van der Waals surface area contributed by atoms with E-state index in [0.717, 1.165) is 6.39 Å². The van der Waals surface area contributed by atoms with E-state index in [9.17, 15) is 13.2 Å². The van der Waals surface area contributed by atoms with E-state index in [1.54, 1.807) is 0 Å². The Balaban J connectivity index is 2.33. The molecule has 0 aliphatic carbocycles. The van der Waals surface area contributed by atoms with Gasteiger partial charge in [-0.1, -0.05) is 0 Å². The second-order valence-electron chi connectivity index (χ2n) is 2.66. The number of hydrogen-bond donors (Lipinski definition) is 0. The number of rotatable bonds is 1. The highest BCUT2D eigenvalue weighted by atomic mass is 19.4. The minimum absolute atomic E-state index is 0.0699. The van der Waals surface area contributed by atoms with Crippen LogP contribution in [0.2, 0.25) is 0 Å². The highest BCUT2D eigenvalue weighted by molar-refractivity contribution is 5.43. The lowest BCUT2D eigenvalue weighted by molar-refractivity contribution is -0.138. The van der Waals surface area contributed by atoms with Crippen LogP contribution in [-0.4, -0.2) is 15.0 Å². The molecule has 0 N–H and O–H groups in total. The molecule has 0 aliphatic rings. The topological polar surface area (TPSA) is 51.8 Å². The molecule has 0 spiro atoms.